The smallest absolute Gasteiger partial charge is 0.508 e. The van der Waals surface area contributed by atoms with Gasteiger partial charge in [-0.3, -0.25) is 0 Å². The number of hydrogen-bond donors (Lipinski definition) is 2. The van der Waals surface area contributed by atoms with Gasteiger partial charge in [-0.15, -0.1) is 13.2 Å². The molecule has 0 saturated carbocycles. The first-order chi connectivity index (χ1) is 10.2. The zero-order valence-corrected chi connectivity index (χ0v) is 10.7. The SMILES string of the molecule is O=C(O)c1ccc(-c2cc(O)cc(OC(F)(F)F)c2)cc1F. The van der Waals surface area contributed by atoms with Crippen LogP contribution in [-0.4, -0.2) is 22.5 Å². The molecule has 0 spiro atoms. The van der Waals surface area contributed by atoms with Gasteiger partial charge in [-0.25, -0.2) is 9.18 Å². The van der Waals surface area contributed by atoms with Gasteiger partial charge in [0.2, 0.25) is 0 Å². The molecule has 0 aromatic heterocycles. The van der Waals surface area contributed by atoms with Crippen molar-refractivity contribution in [3.05, 3.63) is 47.8 Å². The fourth-order valence-electron chi connectivity index (χ4n) is 1.81. The van der Waals surface area contributed by atoms with Crippen molar-refractivity contribution in [2.24, 2.45) is 0 Å². The van der Waals surface area contributed by atoms with Crippen molar-refractivity contribution in [2.75, 3.05) is 0 Å². The first kappa shape index (κ1) is 15.6. The molecule has 2 N–H and O–H groups in total. The highest BCUT2D eigenvalue weighted by Gasteiger charge is 2.31. The van der Waals surface area contributed by atoms with Gasteiger partial charge in [0, 0.05) is 6.07 Å². The van der Waals surface area contributed by atoms with Crippen LogP contribution in [-0.2, 0) is 0 Å². The van der Waals surface area contributed by atoms with E-state index in [2.05, 4.69) is 4.74 Å². The molecule has 0 fully saturated rings. The normalized spacial score (nSPS) is 11.3. The third kappa shape index (κ3) is 3.66. The second kappa shape index (κ2) is 5.55. The summed E-state index contributed by atoms with van der Waals surface area (Å²) in [5, 5.41) is 18.1. The molecule has 0 radical (unpaired) electrons. The Morgan fingerprint density at radius 2 is 1.73 bits per heavy atom. The number of phenols is 1. The Hall–Kier alpha value is -2.77. The van der Waals surface area contributed by atoms with E-state index >= 15 is 0 Å². The number of aromatic hydroxyl groups is 1. The van der Waals surface area contributed by atoms with E-state index < -0.39 is 35.2 Å². The highest BCUT2D eigenvalue weighted by Crippen LogP contribution is 2.32. The van der Waals surface area contributed by atoms with Crippen LogP contribution in [0.2, 0.25) is 0 Å². The molecule has 4 nitrogen and oxygen atoms in total. The van der Waals surface area contributed by atoms with E-state index in [4.69, 9.17) is 5.11 Å². The van der Waals surface area contributed by atoms with Crippen LogP contribution in [0.5, 0.6) is 11.5 Å². The summed E-state index contributed by atoms with van der Waals surface area (Å²) in [4.78, 5) is 10.7. The van der Waals surface area contributed by atoms with Gasteiger partial charge in [-0.2, -0.15) is 0 Å². The molecule has 116 valence electrons. The minimum absolute atomic E-state index is 0.0371. The lowest BCUT2D eigenvalue weighted by Gasteiger charge is -2.11. The van der Waals surface area contributed by atoms with Crippen LogP contribution in [0.15, 0.2) is 36.4 Å². The first-order valence-electron chi connectivity index (χ1n) is 5.79. The van der Waals surface area contributed by atoms with Crippen molar-refractivity contribution in [1.82, 2.24) is 0 Å². The maximum atomic E-state index is 13.6. The molecule has 0 bridgehead atoms. The highest BCUT2D eigenvalue weighted by molar-refractivity contribution is 5.88. The van der Waals surface area contributed by atoms with Crippen LogP contribution >= 0.6 is 0 Å². The molecule has 0 saturated heterocycles. The second-order valence-electron chi connectivity index (χ2n) is 4.26. The standard InChI is InChI=1S/C14H8F4O4/c15-12-5-7(1-2-11(12)13(20)21)8-3-9(19)6-10(4-8)22-14(16,17)18/h1-6,19H,(H,20,21). The summed E-state index contributed by atoms with van der Waals surface area (Å²) in [6, 6.07) is 5.81. The number of phenolic OH excluding ortho intramolecular Hbond substituents is 1. The number of rotatable bonds is 3. The second-order valence-corrected chi connectivity index (χ2v) is 4.26. The summed E-state index contributed by atoms with van der Waals surface area (Å²) in [5.74, 6) is -3.71. The van der Waals surface area contributed by atoms with Crippen LogP contribution in [0.3, 0.4) is 0 Å². The first-order valence-corrected chi connectivity index (χ1v) is 5.79. The molecule has 0 aliphatic rings. The predicted molar refractivity (Wildman–Crippen MR) is 67.1 cm³/mol. The fourth-order valence-corrected chi connectivity index (χ4v) is 1.81. The summed E-state index contributed by atoms with van der Waals surface area (Å²) >= 11 is 0. The Bertz CT molecular complexity index is 725. The fraction of sp³-hybridized carbons (Fsp3) is 0.0714. The third-order valence-corrected chi connectivity index (χ3v) is 2.66. The van der Waals surface area contributed by atoms with Crippen molar-refractivity contribution in [1.29, 1.82) is 0 Å². The van der Waals surface area contributed by atoms with Crippen molar-refractivity contribution in [3.63, 3.8) is 0 Å². The van der Waals surface area contributed by atoms with Gasteiger partial charge in [0.1, 0.15) is 17.3 Å². The number of carboxylic acid groups (broad SMARTS) is 1. The van der Waals surface area contributed by atoms with E-state index in [1.54, 1.807) is 0 Å². The Morgan fingerprint density at radius 3 is 2.27 bits per heavy atom. The predicted octanol–water partition coefficient (Wildman–Crippen LogP) is 3.80. The molecule has 8 heteroatoms. The van der Waals surface area contributed by atoms with Crippen molar-refractivity contribution in [3.8, 4) is 22.6 Å². The quantitative estimate of drug-likeness (QED) is 0.845. The van der Waals surface area contributed by atoms with E-state index in [9.17, 15) is 27.5 Å². The Morgan fingerprint density at radius 1 is 1.05 bits per heavy atom. The Kier molecular flexibility index (Phi) is 3.94. The molecule has 0 heterocycles. The van der Waals surface area contributed by atoms with Crippen LogP contribution in [0.4, 0.5) is 17.6 Å². The number of aromatic carboxylic acids is 1. The molecule has 0 amide bonds. The van der Waals surface area contributed by atoms with Crippen LogP contribution < -0.4 is 4.74 Å². The number of hydrogen-bond acceptors (Lipinski definition) is 3. The van der Waals surface area contributed by atoms with Gasteiger partial charge in [-0.05, 0) is 35.4 Å². The maximum Gasteiger partial charge on any atom is 0.573 e. The van der Waals surface area contributed by atoms with Gasteiger partial charge in [-0.1, -0.05) is 6.07 Å². The minimum Gasteiger partial charge on any atom is -0.508 e. The van der Waals surface area contributed by atoms with Crippen LogP contribution in [0.1, 0.15) is 10.4 Å². The van der Waals surface area contributed by atoms with E-state index in [1.807, 2.05) is 0 Å². The van der Waals surface area contributed by atoms with E-state index in [-0.39, 0.29) is 11.1 Å². The summed E-state index contributed by atoms with van der Waals surface area (Å²) in [7, 11) is 0. The van der Waals surface area contributed by atoms with Gasteiger partial charge in [0.15, 0.2) is 0 Å². The molecule has 2 rings (SSSR count). The lowest BCUT2D eigenvalue weighted by Crippen LogP contribution is -2.17. The largest absolute Gasteiger partial charge is 0.573 e. The zero-order chi connectivity index (χ0) is 16.5. The summed E-state index contributed by atoms with van der Waals surface area (Å²) < 4.78 is 53.8. The molecular weight excluding hydrogens is 308 g/mol. The maximum absolute atomic E-state index is 13.6. The summed E-state index contributed by atoms with van der Waals surface area (Å²) in [6.07, 6.45) is -4.94. The van der Waals surface area contributed by atoms with E-state index in [0.717, 1.165) is 30.3 Å². The average molecular weight is 316 g/mol. The lowest BCUT2D eigenvalue weighted by molar-refractivity contribution is -0.274. The molecule has 22 heavy (non-hydrogen) atoms. The number of carboxylic acids is 1. The van der Waals surface area contributed by atoms with Crippen molar-refractivity contribution >= 4 is 5.97 Å². The van der Waals surface area contributed by atoms with Gasteiger partial charge in [0.05, 0.1) is 5.56 Å². The van der Waals surface area contributed by atoms with Crippen molar-refractivity contribution in [2.45, 2.75) is 6.36 Å². The molecule has 2 aromatic carbocycles. The van der Waals surface area contributed by atoms with E-state index in [1.165, 1.54) is 6.07 Å². The van der Waals surface area contributed by atoms with Gasteiger partial charge >= 0.3 is 12.3 Å². The number of benzene rings is 2. The van der Waals surface area contributed by atoms with Crippen LogP contribution in [0.25, 0.3) is 11.1 Å². The number of carbonyl (C=O) groups is 1. The molecule has 0 aliphatic carbocycles. The Labute approximate surface area is 121 Å². The monoisotopic (exact) mass is 316 g/mol. The number of ether oxygens (including phenoxy) is 1. The highest BCUT2D eigenvalue weighted by atomic mass is 19.4. The minimum atomic E-state index is -4.94. The molecule has 2 aromatic rings. The molecule has 0 aliphatic heterocycles. The third-order valence-electron chi connectivity index (χ3n) is 2.66. The lowest BCUT2D eigenvalue weighted by atomic mass is 10.0. The molecular formula is C14H8F4O4. The Balaban J connectivity index is 2.44. The topological polar surface area (TPSA) is 66.8 Å². The average Bonchev–Trinajstić information content (AvgIpc) is 2.35. The van der Waals surface area contributed by atoms with Gasteiger partial charge in [0.25, 0.3) is 0 Å². The molecule has 0 atom stereocenters. The molecule has 0 unspecified atom stereocenters. The van der Waals surface area contributed by atoms with Crippen molar-refractivity contribution < 1.29 is 37.3 Å². The van der Waals surface area contributed by atoms with E-state index in [0.29, 0.717) is 0 Å². The number of alkyl halides is 3. The summed E-state index contributed by atoms with van der Waals surface area (Å²) in [5.41, 5.74) is -0.448. The van der Waals surface area contributed by atoms with Crippen LogP contribution in [0, 0.1) is 5.82 Å². The summed E-state index contributed by atoms with van der Waals surface area (Å²) in [6.45, 7) is 0. The van der Waals surface area contributed by atoms with Gasteiger partial charge < -0.3 is 14.9 Å². The zero-order valence-electron chi connectivity index (χ0n) is 10.7. The number of halogens is 4.